The summed E-state index contributed by atoms with van der Waals surface area (Å²) in [6.07, 6.45) is 3.09. The second-order valence-corrected chi connectivity index (χ2v) is 10.4. The summed E-state index contributed by atoms with van der Waals surface area (Å²) in [5.74, 6) is -0.208. The van der Waals surface area contributed by atoms with Gasteiger partial charge in [0, 0.05) is 32.3 Å². The lowest BCUT2D eigenvalue weighted by atomic mass is 10.2. The lowest BCUT2D eigenvalue weighted by molar-refractivity contribution is -0.131. The fourth-order valence-electron chi connectivity index (χ4n) is 2.72. The highest BCUT2D eigenvalue weighted by molar-refractivity contribution is 7.91. The van der Waals surface area contributed by atoms with Gasteiger partial charge in [0.2, 0.25) is 15.9 Å². The second kappa shape index (κ2) is 7.79. The molecular weight excluding hydrogens is 366 g/mol. The average Bonchev–Trinajstić information content (AvgIpc) is 2.90. The molecule has 1 aliphatic rings. The van der Waals surface area contributed by atoms with Crippen LogP contribution in [-0.2, 0) is 31.2 Å². The molecule has 25 heavy (non-hydrogen) atoms. The minimum absolute atomic E-state index is 0.00699. The number of hydrogen-bond donors (Lipinski definition) is 0. The number of sulfone groups is 1. The van der Waals surface area contributed by atoms with Crippen LogP contribution in [0.15, 0.2) is 24.4 Å². The summed E-state index contributed by atoms with van der Waals surface area (Å²) in [6, 6.07) is 4.89. The van der Waals surface area contributed by atoms with Gasteiger partial charge in [-0.05, 0) is 18.6 Å². The van der Waals surface area contributed by atoms with Gasteiger partial charge >= 0.3 is 0 Å². The van der Waals surface area contributed by atoms with Gasteiger partial charge in [0.1, 0.15) is 0 Å². The summed E-state index contributed by atoms with van der Waals surface area (Å²) < 4.78 is 48.2. The van der Waals surface area contributed by atoms with Crippen molar-refractivity contribution in [2.45, 2.75) is 25.4 Å². The molecule has 1 aromatic rings. The van der Waals surface area contributed by atoms with E-state index in [1.165, 1.54) is 9.21 Å². The maximum absolute atomic E-state index is 12.3. The van der Waals surface area contributed by atoms with E-state index in [0.717, 1.165) is 6.26 Å². The van der Waals surface area contributed by atoms with Crippen LogP contribution in [0, 0.1) is 0 Å². The van der Waals surface area contributed by atoms with E-state index in [0.29, 0.717) is 12.1 Å². The smallest absolute Gasteiger partial charge is 0.223 e. The monoisotopic (exact) mass is 389 g/mol. The fourth-order valence-corrected chi connectivity index (χ4v) is 5.28. The molecule has 1 amide bonds. The number of sulfonamides is 1. The van der Waals surface area contributed by atoms with Crippen LogP contribution in [-0.4, -0.2) is 74.3 Å². The van der Waals surface area contributed by atoms with Crippen LogP contribution in [0.25, 0.3) is 0 Å². The van der Waals surface area contributed by atoms with Crippen molar-refractivity contribution in [3.63, 3.8) is 0 Å². The summed E-state index contributed by atoms with van der Waals surface area (Å²) >= 11 is 0. The number of nitrogens with zero attached hydrogens (tertiary/aromatic N) is 3. The van der Waals surface area contributed by atoms with Crippen LogP contribution in [0.5, 0.6) is 0 Å². The first-order valence-electron chi connectivity index (χ1n) is 7.89. The van der Waals surface area contributed by atoms with E-state index in [1.807, 2.05) is 0 Å². The molecule has 0 bridgehead atoms. The molecule has 1 atom stereocenters. The van der Waals surface area contributed by atoms with Crippen molar-refractivity contribution in [3.05, 3.63) is 30.1 Å². The van der Waals surface area contributed by atoms with E-state index in [4.69, 9.17) is 0 Å². The Morgan fingerprint density at radius 3 is 2.60 bits per heavy atom. The maximum atomic E-state index is 12.3. The molecule has 0 radical (unpaired) electrons. The molecule has 0 aromatic carbocycles. The zero-order valence-electron chi connectivity index (χ0n) is 14.3. The summed E-state index contributed by atoms with van der Waals surface area (Å²) in [6.45, 7) is 0.118. The molecule has 1 unspecified atom stereocenters. The van der Waals surface area contributed by atoms with Gasteiger partial charge in [-0.1, -0.05) is 6.07 Å². The Kier molecular flexibility index (Phi) is 6.17. The maximum Gasteiger partial charge on any atom is 0.223 e. The second-order valence-electron chi connectivity index (χ2n) is 6.23. The van der Waals surface area contributed by atoms with Crippen molar-refractivity contribution >= 4 is 25.8 Å². The molecule has 10 heteroatoms. The predicted molar refractivity (Wildman–Crippen MR) is 93.9 cm³/mol. The molecular formula is C15H23N3O5S2. The van der Waals surface area contributed by atoms with Crippen LogP contribution in [0.3, 0.4) is 0 Å². The first-order valence-corrected chi connectivity index (χ1v) is 11.6. The SMILES string of the molecule is CN(C(=O)CCN(Cc1ccccn1)S(C)(=O)=O)C1CCS(=O)(=O)C1. The number of aromatic nitrogens is 1. The van der Waals surface area contributed by atoms with Gasteiger partial charge in [-0.2, -0.15) is 4.31 Å². The quantitative estimate of drug-likeness (QED) is 0.644. The van der Waals surface area contributed by atoms with Gasteiger partial charge < -0.3 is 4.90 Å². The fraction of sp³-hybridized carbons (Fsp3) is 0.600. The van der Waals surface area contributed by atoms with E-state index < -0.39 is 19.9 Å². The van der Waals surface area contributed by atoms with Crippen LogP contribution in [0.4, 0.5) is 0 Å². The molecule has 1 saturated heterocycles. The number of carbonyl (C=O) groups excluding carboxylic acids is 1. The van der Waals surface area contributed by atoms with E-state index in [1.54, 1.807) is 31.4 Å². The molecule has 0 saturated carbocycles. The number of hydrogen-bond acceptors (Lipinski definition) is 6. The molecule has 0 aliphatic carbocycles. The van der Waals surface area contributed by atoms with Crippen molar-refractivity contribution in [2.24, 2.45) is 0 Å². The van der Waals surface area contributed by atoms with Crippen LogP contribution >= 0.6 is 0 Å². The highest BCUT2D eigenvalue weighted by atomic mass is 32.2. The third-order valence-electron chi connectivity index (χ3n) is 4.26. The normalized spacial score (nSPS) is 19.9. The van der Waals surface area contributed by atoms with Crippen molar-refractivity contribution in [2.75, 3.05) is 31.4 Å². The average molecular weight is 389 g/mol. The number of carbonyl (C=O) groups is 1. The number of pyridine rings is 1. The van der Waals surface area contributed by atoms with E-state index in [9.17, 15) is 21.6 Å². The molecule has 0 N–H and O–H groups in total. The first-order chi connectivity index (χ1) is 11.6. The summed E-state index contributed by atoms with van der Waals surface area (Å²) in [7, 11) is -5.01. The topological polar surface area (TPSA) is 105 Å². The number of rotatable bonds is 7. The molecule has 1 fully saturated rings. The first kappa shape index (κ1) is 19.8. The van der Waals surface area contributed by atoms with Gasteiger partial charge in [0.05, 0.1) is 30.0 Å². The lowest BCUT2D eigenvalue weighted by Crippen LogP contribution is -2.40. The Morgan fingerprint density at radius 1 is 1.36 bits per heavy atom. The molecule has 1 aromatic heterocycles. The molecule has 2 heterocycles. The summed E-state index contributed by atoms with van der Waals surface area (Å²) in [4.78, 5) is 17.8. The van der Waals surface area contributed by atoms with Gasteiger partial charge in [-0.15, -0.1) is 0 Å². The van der Waals surface area contributed by atoms with Crippen LogP contribution in [0.1, 0.15) is 18.5 Å². The molecule has 140 valence electrons. The molecule has 0 spiro atoms. The Hall–Kier alpha value is -1.52. The molecule has 2 rings (SSSR count). The predicted octanol–water partition coefficient (Wildman–Crippen LogP) is -0.121. The number of amides is 1. The van der Waals surface area contributed by atoms with Crippen LogP contribution < -0.4 is 0 Å². The van der Waals surface area contributed by atoms with E-state index in [2.05, 4.69) is 4.98 Å². The van der Waals surface area contributed by atoms with Gasteiger partial charge in [0.15, 0.2) is 9.84 Å². The van der Waals surface area contributed by atoms with Crippen molar-refractivity contribution < 1.29 is 21.6 Å². The van der Waals surface area contributed by atoms with Crippen LogP contribution in [0.2, 0.25) is 0 Å². The zero-order valence-corrected chi connectivity index (χ0v) is 16.0. The summed E-state index contributed by atoms with van der Waals surface area (Å²) in [5.41, 5.74) is 0.593. The van der Waals surface area contributed by atoms with Crippen molar-refractivity contribution in [1.82, 2.24) is 14.2 Å². The molecule has 1 aliphatic heterocycles. The Bertz CT molecular complexity index is 809. The minimum atomic E-state index is -3.50. The Balaban J connectivity index is 1.97. The lowest BCUT2D eigenvalue weighted by Gasteiger charge is -2.25. The van der Waals surface area contributed by atoms with Gasteiger partial charge in [-0.25, -0.2) is 16.8 Å². The molecule has 8 nitrogen and oxygen atoms in total. The zero-order chi connectivity index (χ0) is 18.7. The Labute approximate surface area is 148 Å². The minimum Gasteiger partial charge on any atom is -0.342 e. The largest absolute Gasteiger partial charge is 0.342 e. The van der Waals surface area contributed by atoms with E-state index in [-0.39, 0.29) is 43.0 Å². The van der Waals surface area contributed by atoms with Crippen molar-refractivity contribution in [3.8, 4) is 0 Å². The highest BCUT2D eigenvalue weighted by Crippen LogP contribution is 2.17. The van der Waals surface area contributed by atoms with Gasteiger partial charge in [0.25, 0.3) is 0 Å². The van der Waals surface area contributed by atoms with Crippen molar-refractivity contribution in [1.29, 1.82) is 0 Å². The van der Waals surface area contributed by atoms with Gasteiger partial charge in [-0.3, -0.25) is 9.78 Å². The third-order valence-corrected chi connectivity index (χ3v) is 7.26. The Morgan fingerprint density at radius 2 is 2.08 bits per heavy atom. The van der Waals surface area contributed by atoms with E-state index >= 15 is 0 Å². The summed E-state index contributed by atoms with van der Waals surface area (Å²) in [5, 5.41) is 0. The third kappa shape index (κ3) is 5.75. The standard InChI is InChI=1S/C15H23N3O5S2/c1-17(14-7-10-25(22,23)12-14)15(19)6-9-18(24(2,20)21)11-13-5-3-4-8-16-13/h3-5,8,14H,6-7,9-12H2,1-2H3. The highest BCUT2D eigenvalue weighted by Gasteiger charge is 2.32.